The minimum Gasteiger partial charge on any atom is -0.495 e. The van der Waals surface area contributed by atoms with E-state index in [9.17, 15) is 9.59 Å². The highest BCUT2D eigenvalue weighted by Gasteiger charge is 2.43. The number of carbonyl (C=O) groups excluding carboxylic acids is 2. The first-order chi connectivity index (χ1) is 15.1. The number of rotatable bonds is 6. The molecule has 0 spiro atoms. The lowest BCUT2D eigenvalue weighted by Gasteiger charge is -2.35. The van der Waals surface area contributed by atoms with Gasteiger partial charge >= 0.3 is 5.97 Å². The van der Waals surface area contributed by atoms with Gasteiger partial charge in [-0.1, -0.05) is 13.8 Å². The molecule has 174 valence electrons. The zero-order chi connectivity index (χ0) is 23.2. The highest BCUT2D eigenvalue weighted by Crippen LogP contribution is 2.45. The van der Waals surface area contributed by atoms with E-state index >= 15 is 0 Å². The number of hydrogen-bond donors (Lipinski definition) is 1. The smallest absolute Gasteiger partial charge is 0.340 e. The summed E-state index contributed by atoms with van der Waals surface area (Å²) in [5, 5.41) is 3.75. The molecule has 7 nitrogen and oxygen atoms in total. The molecule has 1 aromatic carbocycles. The second-order valence-corrected chi connectivity index (χ2v) is 10.1. The molecule has 1 saturated heterocycles. The maximum atomic E-state index is 13.2. The fourth-order valence-corrected chi connectivity index (χ4v) is 5.89. The first kappa shape index (κ1) is 22.6. The van der Waals surface area contributed by atoms with Crippen LogP contribution in [0.3, 0.4) is 0 Å². The number of carbonyl (C=O) groups is 2. The topological polar surface area (TPSA) is 72.8 Å². The summed E-state index contributed by atoms with van der Waals surface area (Å²) >= 11 is 0. The van der Waals surface area contributed by atoms with Gasteiger partial charge < -0.3 is 19.4 Å². The fourth-order valence-electron chi connectivity index (χ4n) is 5.89. The van der Waals surface area contributed by atoms with Gasteiger partial charge in [-0.15, -0.1) is 0 Å². The third kappa shape index (κ3) is 3.98. The standard InChI is InChI=1S/C25H35N3O4/c1-7-32-24(30)21-15(2)27(5)18-8-9-19(31-6)23(22(18)21)26-20(29)14-28-13-16-10-17(28)12-25(3,4)11-16/h8-9,16-17H,7,10-14H2,1-6H3,(H,26,29)/t16-,17-/m1/s1. The van der Waals surface area contributed by atoms with Crippen LogP contribution < -0.4 is 10.1 Å². The van der Waals surface area contributed by atoms with E-state index < -0.39 is 5.97 Å². The normalized spacial score (nSPS) is 22.2. The Morgan fingerprint density at radius 1 is 1.25 bits per heavy atom. The molecular formula is C25H35N3O4. The van der Waals surface area contributed by atoms with Crippen molar-refractivity contribution in [1.82, 2.24) is 9.47 Å². The van der Waals surface area contributed by atoms with Gasteiger partial charge in [-0.05, 0) is 56.6 Å². The van der Waals surface area contributed by atoms with Crippen molar-refractivity contribution in [3.05, 3.63) is 23.4 Å². The van der Waals surface area contributed by atoms with E-state index in [1.165, 1.54) is 12.8 Å². The van der Waals surface area contributed by atoms with Crippen LogP contribution in [0, 0.1) is 18.3 Å². The van der Waals surface area contributed by atoms with Gasteiger partial charge in [0.05, 0.1) is 37.0 Å². The third-order valence-electron chi connectivity index (χ3n) is 7.18. The van der Waals surface area contributed by atoms with Crippen LogP contribution in [0.4, 0.5) is 5.69 Å². The molecule has 2 bridgehead atoms. The molecule has 32 heavy (non-hydrogen) atoms. The number of amides is 1. The van der Waals surface area contributed by atoms with Crippen molar-refractivity contribution in [3.8, 4) is 5.75 Å². The number of nitrogens with zero attached hydrogens (tertiary/aromatic N) is 2. The Labute approximate surface area is 190 Å². The van der Waals surface area contributed by atoms with Gasteiger partial charge in [0.1, 0.15) is 5.75 Å². The molecule has 2 aliphatic rings. The van der Waals surface area contributed by atoms with Crippen LogP contribution in [0.15, 0.2) is 12.1 Å². The maximum Gasteiger partial charge on any atom is 0.340 e. The highest BCUT2D eigenvalue weighted by molar-refractivity contribution is 6.14. The monoisotopic (exact) mass is 441 g/mol. The molecule has 1 amide bonds. The minimum atomic E-state index is -0.394. The van der Waals surface area contributed by atoms with Gasteiger partial charge in [-0.3, -0.25) is 9.69 Å². The third-order valence-corrected chi connectivity index (χ3v) is 7.18. The quantitative estimate of drug-likeness (QED) is 0.683. The number of methoxy groups -OCH3 is 1. The highest BCUT2D eigenvalue weighted by atomic mass is 16.5. The first-order valence-corrected chi connectivity index (χ1v) is 11.5. The van der Waals surface area contributed by atoms with E-state index in [4.69, 9.17) is 9.47 Å². The predicted molar refractivity (Wildman–Crippen MR) is 125 cm³/mol. The van der Waals surface area contributed by atoms with Crippen molar-refractivity contribution in [1.29, 1.82) is 0 Å². The van der Waals surface area contributed by atoms with Crippen LogP contribution in [0.2, 0.25) is 0 Å². The number of benzene rings is 1. The number of hydrogen-bond acceptors (Lipinski definition) is 5. The lowest BCUT2D eigenvalue weighted by molar-refractivity contribution is -0.117. The molecule has 4 rings (SSSR count). The molecule has 1 aliphatic carbocycles. The average molecular weight is 442 g/mol. The minimum absolute atomic E-state index is 0.0857. The van der Waals surface area contributed by atoms with Crippen molar-refractivity contribution in [2.45, 2.75) is 53.0 Å². The van der Waals surface area contributed by atoms with Gasteiger partial charge in [0.25, 0.3) is 0 Å². The second kappa shape index (κ2) is 8.43. The number of nitrogens with one attached hydrogen (secondary N) is 1. The lowest BCUT2D eigenvalue weighted by atomic mass is 9.72. The molecule has 0 unspecified atom stereocenters. The van der Waals surface area contributed by atoms with E-state index in [1.54, 1.807) is 14.0 Å². The fraction of sp³-hybridized carbons (Fsp3) is 0.600. The Bertz CT molecular complexity index is 1060. The van der Waals surface area contributed by atoms with Crippen LogP contribution in [0.5, 0.6) is 5.75 Å². The average Bonchev–Trinajstić information content (AvgIpc) is 3.15. The van der Waals surface area contributed by atoms with Crippen molar-refractivity contribution < 1.29 is 19.1 Å². The van der Waals surface area contributed by atoms with Crippen molar-refractivity contribution >= 4 is 28.5 Å². The summed E-state index contributed by atoms with van der Waals surface area (Å²) in [6.07, 6.45) is 3.53. The van der Waals surface area contributed by atoms with E-state index in [0.717, 1.165) is 24.2 Å². The second-order valence-electron chi connectivity index (χ2n) is 10.1. The maximum absolute atomic E-state index is 13.2. The number of aryl methyl sites for hydroxylation is 1. The largest absolute Gasteiger partial charge is 0.495 e. The number of fused-ring (bicyclic) bond motifs is 3. The Hall–Kier alpha value is -2.54. The van der Waals surface area contributed by atoms with Gasteiger partial charge in [0.2, 0.25) is 5.91 Å². The molecule has 1 saturated carbocycles. The van der Waals surface area contributed by atoms with Crippen LogP contribution in [0.1, 0.15) is 56.1 Å². The molecule has 7 heteroatoms. The number of likely N-dealkylation sites (tertiary alicyclic amines) is 1. The number of ether oxygens (including phenoxy) is 2. The van der Waals surface area contributed by atoms with Gasteiger partial charge in [0.15, 0.2) is 0 Å². The van der Waals surface area contributed by atoms with Crippen LogP contribution in [-0.4, -0.2) is 54.2 Å². The Morgan fingerprint density at radius 2 is 2.00 bits per heavy atom. The molecule has 0 radical (unpaired) electrons. The SMILES string of the molecule is CCOC(=O)c1c(C)n(C)c2ccc(OC)c(NC(=O)CN3C[C@@H]4C[C@@H]3CC(C)(C)C4)c12. The lowest BCUT2D eigenvalue weighted by Crippen LogP contribution is -2.38. The summed E-state index contributed by atoms with van der Waals surface area (Å²) in [6.45, 7) is 9.94. The molecule has 1 aromatic heterocycles. The molecular weight excluding hydrogens is 406 g/mol. The van der Waals surface area contributed by atoms with Crippen molar-refractivity contribution in [2.75, 3.05) is 32.1 Å². The Morgan fingerprint density at radius 3 is 2.69 bits per heavy atom. The zero-order valence-electron chi connectivity index (χ0n) is 20.1. The van der Waals surface area contributed by atoms with Crippen LogP contribution in [-0.2, 0) is 16.6 Å². The van der Waals surface area contributed by atoms with Gasteiger partial charge in [0, 0.05) is 30.7 Å². The summed E-state index contributed by atoms with van der Waals surface area (Å²) in [4.78, 5) is 28.3. The van der Waals surface area contributed by atoms with Gasteiger partial charge in [-0.25, -0.2) is 4.79 Å². The summed E-state index contributed by atoms with van der Waals surface area (Å²) < 4.78 is 12.8. The number of aromatic nitrogens is 1. The zero-order valence-corrected chi connectivity index (χ0v) is 20.1. The summed E-state index contributed by atoms with van der Waals surface area (Å²) in [5.41, 5.74) is 2.98. The van der Waals surface area contributed by atoms with E-state index in [0.29, 0.717) is 46.3 Å². The first-order valence-electron chi connectivity index (χ1n) is 11.5. The van der Waals surface area contributed by atoms with Crippen LogP contribution in [0.25, 0.3) is 10.9 Å². The van der Waals surface area contributed by atoms with E-state index in [1.807, 2.05) is 30.7 Å². The summed E-state index contributed by atoms with van der Waals surface area (Å²) in [5.74, 6) is 0.720. The Kier molecular flexibility index (Phi) is 5.96. The Balaban J connectivity index is 1.65. The van der Waals surface area contributed by atoms with Gasteiger partial charge in [-0.2, -0.15) is 0 Å². The van der Waals surface area contributed by atoms with Crippen LogP contribution >= 0.6 is 0 Å². The van der Waals surface area contributed by atoms with E-state index in [-0.39, 0.29) is 12.5 Å². The molecule has 1 N–H and O–H groups in total. The molecule has 1 aliphatic heterocycles. The van der Waals surface area contributed by atoms with E-state index in [2.05, 4.69) is 24.1 Å². The van der Waals surface area contributed by atoms with Crippen molar-refractivity contribution in [2.24, 2.45) is 18.4 Å². The number of esters is 1. The van der Waals surface area contributed by atoms with Crippen molar-refractivity contribution in [3.63, 3.8) is 0 Å². The molecule has 2 fully saturated rings. The molecule has 2 heterocycles. The summed E-state index contributed by atoms with van der Waals surface area (Å²) in [6, 6.07) is 4.20. The summed E-state index contributed by atoms with van der Waals surface area (Å²) in [7, 11) is 3.48. The predicted octanol–water partition coefficient (Wildman–Crippen LogP) is 4.12. The molecule has 2 atom stereocenters. The molecule has 2 aromatic rings. The number of anilines is 1.